The summed E-state index contributed by atoms with van der Waals surface area (Å²) < 4.78 is 0. The van der Waals surface area contributed by atoms with Gasteiger partial charge in [0.2, 0.25) is 0 Å². The molecule has 0 nitrogen and oxygen atoms in total. The van der Waals surface area contributed by atoms with E-state index in [-0.39, 0.29) is 0 Å². The van der Waals surface area contributed by atoms with Gasteiger partial charge in [0.15, 0.2) is 0 Å². The minimum absolute atomic E-state index is 1.08. The first kappa shape index (κ1) is 38.8. The zero-order valence-corrected chi connectivity index (χ0v) is 34.1. The Labute approximate surface area is 337 Å². The van der Waals surface area contributed by atoms with Crippen molar-refractivity contribution >= 4 is 0 Å². The Morgan fingerprint density at radius 2 is 0.518 bits per heavy atom. The second kappa shape index (κ2) is 18.9. The fourth-order valence-corrected chi connectivity index (χ4v) is 8.09. The van der Waals surface area contributed by atoms with Gasteiger partial charge in [-0.05, 0) is 128 Å². The van der Waals surface area contributed by atoms with Crippen molar-refractivity contribution in [3.63, 3.8) is 0 Å². The van der Waals surface area contributed by atoms with Crippen molar-refractivity contribution in [3.8, 4) is 66.8 Å². The van der Waals surface area contributed by atoms with E-state index in [1.54, 1.807) is 0 Å². The molecule has 0 amide bonds. The van der Waals surface area contributed by atoms with Crippen LogP contribution >= 0.6 is 0 Å². The Morgan fingerprint density at radius 1 is 0.250 bits per heavy atom. The van der Waals surface area contributed by atoms with Crippen LogP contribution in [0.1, 0.15) is 88.5 Å². The van der Waals surface area contributed by atoms with Crippen LogP contribution in [0.15, 0.2) is 158 Å². The minimum atomic E-state index is 1.08. The number of aryl methyl sites for hydroxylation is 4. The summed E-state index contributed by atoms with van der Waals surface area (Å²) in [5.74, 6) is 0. The highest BCUT2D eigenvalue weighted by atomic mass is 14.2. The summed E-state index contributed by atoms with van der Waals surface area (Å²) in [6.07, 6.45) is 11.7. The number of hydrogen-bond donors (Lipinski definition) is 0. The molecule has 0 aliphatic rings. The lowest BCUT2D eigenvalue weighted by molar-refractivity contribution is 0.795. The minimum Gasteiger partial charge on any atom is -0.0654 e. The van der Waals surface area contributed by atoms with E-state index < -0.39 is 0 Å². The van der Waals surface area contributed by atoms with E-state index in [1.807, 2.05) is 0 Å². The summed E-state index contributed by atoms with van der Waals surface area (Å²) in [6, 6.07) is 59.7. The fourth-order valence-electron chi connectivity index (χ4n) is 8.09. The van der Waals surface area contributed by atoms with Crippen LogP contribution in [-0.2, 0) is 25.7 Å². The van der Waals surface area contributed by atoms with Gasteiger partial charge in [0, 0.05) is 0 Å². The number of benzene rings is 7. The Morgan fingerprint density at radius 3 is 0.804 bits per heavy atom. The quantitative estimate of drug-likeness (QED) is 0.0929. The third-order valence-corrected chi connectivity index (χ3v) is 11.4. The van der Waals surface area contributed by atoms with E-state index in [0.29, 0.717) is 0 Å². The topological polar surface area (TPSA) is 0 Å². The molecular formula is C56H58. The summed E-state index contributed by atoms with van der Waals surface area (Å²) in [5.41, 5.74) is 21.1. The zero-order chi connectivity index (χ0) is 38.7. The molecule has 7 aromatic rings. The zero-order valence-electron chi connectivity index (χ0n) is 34.1. The summed E-state index contributed by atoms with van der Waals surface area (Å²) in [6.45, 7) is 9.07. The van der Waals surface area contributed by atoms with Gasteiger partial charge in [-0.2, -0.15) is 0 Å². The molecule has 0 saturated carbocycles. The molecule has 282 valence electrons. The number of rotatable bonds is 16. The molecule has 0 aliphatic carbocycles. The molecule has 0 unspecified atom stereocenters. The van der Waals surface area contributed by atoms with Crippen molar-refractivity contribution in [2.75, 3.05) is 0 Å². The molecule has 0 atom stereocenters. The van der Waals surface area contributed by atoms with Gasteiger partial charge in [-0.15, -0.1) is 0 Å². The predicted octanol–water partition coefficient (Wildman–Crippen LogP) is 16.3. The smallest absolute Gasteiger partial charge is 0.0151 e. The van der Waals surface area contributed by atoms with Gasteiger partial charge in [-0.3, -0.25) is 0 Å². The van der Waals surface area contributed by atoms with Gasteiger partial charge < -0.3 is 0 Å². The van der Waals surface area contributed by atoms with E-state index in [0.717, 1.165) is 38.5 Å². The lowest BCUT2D eigenvalue weighted by Gasteiger charge is -2.14. The molecule has 0 heteroatoms. The van der Waals surface area contributed by atoms with E-state index in [1.165, 1.54) is 115 Å². The van der Waals surface area contributed by atoms with Crippen LogP contribution < -0.4 is 0 Å². The summed E-state index contributed by atoms with van der Waals surface area (Å²) >= 11 is 0. The molecular weight excluding hydrogens is 673 g/mol. The van der Waals surface area contributed by atoms with Gasteiger partial charge >= 0.3 is 0 Å². The molecule has 0 bridgehead atoms. The maximum absolute atomic E-state index is 2.41. The number of hydrogen-bond acceptors (Lipinski definition) is 0. The molecule has 0 aromatic heterocycles. The highest BCUT2D eigenvalue weighted by Gasteiger charge is 2.11. The van der Waals surface area contributed by atoms with Crippen LogP contribution in [0, 0.1) is 0 Å². The first-order chi connectivity index (χ1) is 27.6. The molecule has 7 aromatic carbocycles. The average molecular weight is 731 g/mol. The van der Waals surface area contributed by atoms with Gasteiger partial charge in [-0.25, -0.2) is 0 Å². The first-order valence-electron chi connectivity index (χ1n) is 21.3. The van der Waals surface area contributed by atoms with Crippen LogP contribution in [-0.4, -0.2) is 0 Å². The largest absolute Gasteiger partial charge is 0.0654 e. The molecule has 7 rings (SSSR count). The van der Waals surface area contributed by atoms with Crippen LogP contribution in [0.25, 0.3) is 66.8 Å². The number of unbranched alkanes of at least 4 members (excludes halogenated alkanes) is 2. The second-order valence-corrected chi connectivity index (χ2v) is 15.6. The van der Waals surface area contributed by atoms with Crippen molar-refractivity contribution in [2.45, 2.75) is 91.9 Å². The molecule has 0 fully saturated rings. The standard InChI is InChI=1S/C56H58/c1-5-9-13-41-15-19-49(20-16-41)55-37-35-51(39-53(55)11-7-3)47-31-27-45(28-32-47)43-23-25-44(26-24-43)46-29-33-48(34-30-46)52-36-38-56(54(40-52)12-8-4)50-21-17-42(18-22-50)14-10-6-2/h15-40H,5-14H2,1-4H3. The van der Waals surface area contributed by atoms with Gasteiger partial charge in [0.25, 0.3) is 0 Å². The van der Waals surface area contributed by atoms with Crippen molar-refractivity contribution in [1.82, 2.24) is 0 Å². The Balaban J connectivity index is 1.03. The molecule has 0 heterocycles. The fraction of sp³-hybridized carbons (Fsp3) is 0.250. The van der Waals surface area contributed by atoms with Gasteiger partial charge in [0.1, 0.15) is 0 Å². The van der Waals surface area contributed by atoms with Crippen LogP contribution in [0.3, 0.4) is 0 Å². The average Bonchev–Trinajstić information content (AvgIpc) is 3.26. The first-order valence-corrected chi connectivity index (χ1v) is 21.3. The van der Waals surface area contributed by atoms with Crippen molar-refractivity contribution in [2.24, 2.45) is 0 Å². The summed E-state index contributed by atoms with van der Waals surface area (Å²) in [5, 5.41) is 0. The molecule has 0 aliphatic heterocycles. The SMILES string of the molecule is CCCCc1ccc(-c2ccc(-c3ccc(-c4ccc(-c5ccc(-c6ccc(-c7ccc(CCCC)cc7)c(CCC)c6)cc5)cc4)cc3)cc2CCC)cc1. The van der Waals surface area contributed by atoms with Crippen LogP contribution in [0.5, 0.6) is 0 Å². The Kier molecular flexibility index (Phi) is 13.1. The molecule has 0 N–H and O–H groups in total. The molecule has 56 heavy (non-hydrogen) atoms. The van der Waals surface area contributed by atoms with E-state index in [2.05, 4.69) is 185 Å². The maximum Gasteiger partial charge on any atom is -0.0151 e. The van der Waals surface area contributed by atoms with Crippen molar-refractivity contribution < 1.29 is 0 Å². The Hall–Kier alpha value is -5.46. The summed E-state index contributed by atoms with van der Waals surface area (Å²) in [4.78, 5) is 0. The van der Waals surface area contributed by atoms with Crippen molar-refractivity contribution in [1.29, 1.82) is 0 Å². The van der Waals surface area contributed by atoms with Gasteiger partial charge in [0.05, 0.1) is 0 Å². The van der Waals surface area contributed by atoms with Crippen LogP contribution in [0.2, 0.25) is 0 Å². The lowest BCUT2D eigenvalue weighted by atomic mass is 9.91. The van der Waals surface area contributed by atoms with Gasteiger partial charge in [-0.1, -0.05) is 211 Å². The molecule has 0 saturated heterocycles. The third-order valence-electron chi connectivity index (χ3n) is 11.4. The van der Waals surface area contributed by atoms with E-state index in [9.17, 15) is 0 Å². The monoisotopic (exact) mass is 730 g/mol. The normalized spacial score (nSPS) is 11.2. The van der Waals surface area contributed by atoms with E-state index >= 15 is 0 Å². The van der Waals surface area contributed by atoms with E-state index in [4.69, 9.17) is 0 Å². The molecule has 0 radical (unpaired) electrons. The maximum atomic E-state index is 2.41. The highest BCUT2D eigenvalue weighted by Crippen LogP contribution is 2.34. The predicted molar refractivity (Wildman–Crippen MR) is 244 cm³/mol. The van der Waals surface area contributed by atoms with Crippen molar-refractivity contribution in [3.05, 3.63) is 180 Å². The van der Waals surface area contributed by atoms with Crippen LogP contribution in [0.4, 0.5) is 0 Å². The lowest BCUT2D eigenvalue weighted by Crippen LogP contribution is -1.92. The second-order valence-electron chi connectivity index (χ2n) is 15.6. The third kappa shape index (κ3) is 9.31. The summed E-state index contributed by atoms with van der Waals surface area (Å²) in [7, 11) is 0. The highest BCUT2D eigenvalue weighted by molar-refractivity contribution is 5.78. The Bertz CT molecular complexity index is 2120. The molecule has 0 spiro atoms.